The van der Waals surface area contributed by atoms with Gasteiger partial charge in [-0.05, 0) is 43.4 Å². The van der Waals surface area contributed by atoms with Crippen molar-refractivity contribution in [3.63, 3.8) is 0 Å². The predicted octanol–water partition coefficient (Wildman–Crippen LogP) is 2.85. The Morgan fingerprint density at radius 3 is 2.58 bits per heavy atom. The van der Waals surface area contributed by atoms with Gasteiger partial charge in [-0.3, -0.25) is 4.90 Å². The number of nitrogens with zero attached hydrogens (tertiary/aromatic N) is 3. The van der Waals surface area contributed by atoms with Gasteiger partial charge in [0, 0.05) is 24.4 Å². The molecule has 19 heavy (non-hydrogen) atoms. The summed E-state index contributed by atoms with van der Waals surface area (Å²) >= 11 is 1.73. The molecule has 1 fully saturated rings. The first-order valence-corrected chi connectivity index (χ1v) is 8.11. The van der Waals surface area contributed by atoms with E-state index in [0.29, 0.717) is 5.41 Å². The highest BCUT2D eigenvalue weighted by Gasteiger charge is 2.38. The Morgan fingerprint density at radius 2 is 1.95 bits per heavy atom. The SMILES string of the molecule is CSN1CC2(C=N1)CCN(Cc1ccccc1)CC2. The van der Waals surface area contributed by atoms with Crippen LogP contribution in [0.1, 0.15) is 18.4 Å². The van der Waals surface area contributed by atoms with E-state index in [9.17, 15) is 0 Å². The number of rotatable bonds is 3. The molecule has 102 valence electrons. The summed E-state index contributed by atoms with van der Waals surface area (Å²) in [5.41, 5.74) is 1.76. The van der Waals surface area contributed by atoms with Crippen LogP contribution >= 0.6 is 11.9 Å². The first kappa shape index (κ1) is 13.0. The minimum Gasteiger partial charge on any atom is -0.299 e. The Hall–Kier alpha value is -1.00. The molecule has 0 bridgehead atoms. The van der Waals surface area contributed by atoms with Crippen LogP contribution in [0, 0.1) is 5.41 Å². The number of hydrazone groups is 1. The summed E-state index contributed by atoms with van der Waals surface area (Å²) in [4.78, 5) is 2.57. The molecule has 2 aliphatic heterocycles. The van der Waals surface area contributed by atoms with Crippen LogP contribution in [0.2, 0.25) is 0 Å². The largest absolute Gasteiger partial charge is 0.299 e. The molecule has 2 aliphatic rings. The van der Waals surface area contributed by atoms with Gasteiger partial charge >= 0.3 is 0 Å². The second kappa shape index (κ2) is 5.55. The summed E-state index contributed by atoms with van der Waals surface area (Å²) in [5, 5.41) is 4.49. The van der Waals surface area contributed by atoms with Crippen molar-refractivity contribution in [1.29, 1.82) is 0 Å². The predicted molar refractivity (Wildman–Crippen MR) is 82.1 cm³/mol. The fourth-order valence-corrected chi connectivity index (χ4v) is 3.46. The zero-order chi connectivity index (χ0) is 13.1. The van der Waals surface area contributed by atoms with Crippen molar-refractivity contribution in [1.82, 2.24) is 9.31 Å². The number of hydrogen-bond acceptors (Lipinski definition) is 4. The van der Waals surface area contributed by atoms with Crippen molar-refractivity contribution in [3.8, 4) is 0 Å². The molecule has 3 nitrogen and oxygen atoms in total. The fraction of sp³-hybridized carbons (Fsp3) is 0.533. The zero-order valence-corrected chi connectivity index (χ0v) is 12.3. The third kappa shape index (κ3) is 2.95. The smallest absolute Gasteiger partial charge is 0.0589 e. The van der Waals surface area contributed by atoms with Crippen molar-refractivity contribution in [3.05, 3.63) is 35.9 Å². The van der Waals surface area contributed by atoms with Crippen LogP contribution in [0.5, 0.6) is 0 Å². The highest BCUT2D eigenvalue weighted by molar-refractivity contribution is 7.96. The van der Waals surface area contributed by atoms with Crippen molar-refractivity contribution < 1.29 is 0 Å². The van der Waals surface area contributed by atoms with Crippen LogP contribution in [0.25, 0.3) is 0 Å². The molecule has 2 heterocycles. The van der Waals surface area contributed by atoms with Gasteiger partial charge in [0.2, 0.25) is 0 Å². The van der Waals surface area contributed by atoms with E-state index in [1.807, 2.05) is 0 Å². The quantitative estimate of drug-likeness (QED) is 0.791. The van der Waals surface area contributed by atoms with Crippen molar-refractivity contribution >= 4 is 18.2 Å². The summed E-state index contributed by atoms with van der Waals surface area (Å²) in [5.74, 6) is 0. The number of likely N-dealkylation sites (tertiary alicyclic amines) is 1. The normalized spacial score (nSPS) is 22.3. The van der Waals surface area contributed by atoms with Gasteiger partial charge in [-0.2, -0.15) is 5.10 Å². The second-order valence-electron chi connectivity index (χ2n) is 5.56. The van der Waals surface area contributed by atoms with Crippen LogP contribution in [0.4, 0.5) is 0 Å². The summed E-state index contributed by atoms with van der Waals surface area (Å²) in [6.45, 7) is 4.54. The lowest BCUT2D eigenvalue weighted by atomic mass is 9.80. The molecule has 1 aromatic carbocycles. The standard InChI is InChI=1S/C15H21N3S/c1-19-18-13-15(12-16-18)7-9-17(10-8-15)11-14-5-3-2-4-6-14/h2-6,12H,7-11,13H2,1H3. The zero-order valence-electron chi connectivity index (χ0n) is 11.5. The molecule has 1 aromatic rings. The van der Waals surface area contributed by atoms with E-state index in [1.54, 1.807) is 11.9 Å². The first-order chi connectivity index (χ1) is 9.30. The molecule has 0 saturated carbocycles. The number of piperidine rings is 1. The maximum absolute atomic E-state index is 4.49. The lowest BCUT2D eigenvalue weighted by molar-refractivity contribution is 0.145. The van der Waals surface area contributed by atoms with E-state index in [-0.39, 0.29) is 0 Å². The Balaban J connectivity index is 1.54. The van der Waals surface area contributed by atoms with E-state index in [0.717, 1.165) is 13.1 Å². The monoisotopic (exact) mass is 275 g/mol. The molecule has 0 atom stereocenters. The molecule has 0 unspecified atom stereocenters. The highest BCUT2D eigenvalue weighted by Crippen LogP contribution is 2.36. The summed E-state index contributed by atoms with van der Waals surface area (Å²) in [6, 6.07) is 10.8. The Bertz CT molecular complexity index is 438. The van der Waals surface area contributed by atoms with Crippen LogP contribution in [0.3, 0.4) is 0 Å². The van der Waals surface area contributed by atoms with Crippen LogP contribution in [-0.2, 0) is 6.54 Å². The fourth-order valence-electron chi connectivity index (χ4n) is 2.93. The number of hydrogen-bond donors (Lipinski definition) is 0. The average Bonchev–Trinajstić information content (AvgIpc) is 2.86. The van der Waals surface area contributed by atoms with Crippen molar-refractivity contribution in [2.24, 2.45) is 10.5 Å². The Labute approximate surface area is 119 Å². The molecule has 3 rings (SSSR count). The average molecular weight is 275 g/mol. The highest BCUT2D eigenvalue weighted by atomic mass is 32.2. The molecular weight excluding hydrogens is 254 g/mol. The van der Waals surface area contributed by atoms with E-state index in [2.05, 4.69) is 57.2 Å². The topological polar surface area (TPSA) is 18.8 Å². The van der Waals surface area contributed by atoms with Gasteiger partial charge in [0.05, 0.1) is 6.54 Å². The molecule has 0 N–H and O–H groups in total. The minimum absolute atomic E-state index is 0.343. The van der Waals surface area contributed by atoms with Crippen molar-refractivity contribution in [2.75, 3.05) is 25.9 Å². The van der Waals surface area contributed by atoms with Gasteiger partial charge < -0.3 is 0 Å². The van der Waals surface area contributed by atoms with Gasteiger partial charge in [-0.15, -0.1) is 0 Å². The molecule has 0 aliphatic carbocycles. The van der Waals surface area contributed by atoms with Crippen LogP contribution < -0.4 is 0 Å². The molecule has 0 radical (unpaired) electrons. The van der Waals surface area contributed by atoms with Gasteiger partial charge in [0.15, 0.2) is 0 Å². The molecule has 0 amide bonds. The molecule has 4 heteroatoms. The minimum atomic E-state index is 0.343. The summed E-state index contributed by atoms with van der Waals surface area (Å²) in [7, 11) is 0. The van der Waals surface area contributed by atoms with E-state index in [1.165, 1.54) is 31.5 Å². The van der Waals surface area contributed by atoms with Gasteiger partial charge in [-0.1, -0.05) is 30.3 Å². The van der Waals surface area contributed by atoms with Crippen LogP contribution in [0.15, 0.2) is 35.4 Å². The third-order valence-corrected chi connectivity index (χ3v) is 4.87. The van der Waals surface area contributed by atoms with E-state index < -0.39 is 0 Å². The van der Waals surface area contributed by atoms with E-state index in [4.69, 9.17) is 0 Å². The first-order valence-electron chi connectivity index (χ1n) is 6.93. The van der Waals surface area contributed by atoms with Crippen LogP contribution in [-0.4, -0.2) is 41.4 Å². The summed E-state index contributed by atoms with van der Waals surface area (Å²) < 4.78 is 2.12. The Kier molecular flexibility index (Phi) is 3.80. The molecule has 1 saturated heterocycles. The number of benzene rings is 1. The van der Waals surface area contributed by atoms with Gasteiger partial charge in [0.1, 0.15) is 0 Å². The maximum atomic E-state index is 4.49. The van der Waals surface area contributed by atoms with Gasteiger partial charge in [0.25, 0.3) is 0 Å². The third-order valence-electron chi connectivity index (χ3n) is 4.22. The summed E-state index contributed by atoms with van der Waals surface area (Å²) in [6.07, 6.45) is 6.77. The van der Waals surface area contributed by atoms with Gasteiger partial charge in [-0.25, -0.2) is 4.41 Å². The second-order valence-corrected chi connectivity index (χ2v) is 6.35. The van der Waals surface area contributed by atoms with Crippen molar-refractivity contribution in [2.45, 2.75) is 19.4 Å². The molecule has 0 aromatic heterocycles. The Morgan fingerprint density at radius 1 is 1.21 bits per heavy atom. The maximum Gasteiger partial charge on any atom is 0.0589 e. The lowest BCUT2D eigenvalue weighted by Crippen LogP contribution is -2.42. The van der Waals surface area contributed by atoms with E-state index >= 15 is 0 Å². The molecule has 1 spiro atoms. The molecular formula is C15H21N3S. The lowest BCUT2D eigenvalue weighted by Gasteiger charge is -2.37.